The van der Waals surface area contributed by atoms with Crippen molar-refractivity contribution < 1.29 is 28.6 Å². The Hall–Kier alpha value is -3.15. The van der Waals surface area contributed by atoms with Gasteiger partial charge in [-0.1, -0.05) is 351 Å². The van der Waals surface area contributed by atoms with E-state index in [1.165, 1.54) is 238 Å². The zero-order valence-corrected chi connectivity index (χ0v) is 55.5. The number of esters is 3. The third-order valence-electron chi connectivity index (χ3n) is 16.2. The summed E-state index contributed by atoms with van der Waals surface area (Å²) in [5.74, 6) is -0.864. The van der Waals surface area contributed by atoms with Gasteiger partial charge in [0.1, 0.15) is 13.2 Å². The fourth-order valence-electron chi connectivity index (χ4n) is 10.8. The van der Waals surface area contributed by atoms with Crippen LogP contribution in [0.5, 0.6) is 0 Å². The van der Waals surface area contributed by atoms with Crippen LogP contribution in [0, 0.1) is 0 Å². The number of unbranched alkanes of at least 4 members (excludes halogenated alkanes) is 44. The molecule has 0 fully saturated rings. The average molecular weight is 1160 g/mol. The molecule has 6 nitrogen and oxygen atoms in total. The van der Waals surface area contributed by atoms with Crippen LogP contribution in [0.2, 0.25) is 0 Å². The van der Waals surface area contributed by atoms with Crippen LogP contribution in [0.4, 0.5) is 0 Å². The Morgan fingerprint density at radius 2 is 0.494 bits per heavy atom. The topological polar surface area (TPSA) is 78.9 Å². The molecule has 0 rings (SSSR count). The molecule has 0 radical (unpaired) electrons. The van der Waals surface area contributed by atoms with Crippen molar-refractivity contribution in [3.63, 3.8) is 0 Å². The van der Waals surface area contributed by atoms with Gasteiger partial charge in [0.15, 0.2) is 6.10 Å². The van der Waals surface area contributed by atoms with Gasteiger partial charge in [-0.05, 0) is 83.5 Å². The van der Waals surface area contributed by atoms with Gasteiger partial charge in [0.2, 0.25) is 0 Å². The SMILES string of the molecule is CC/C=C\C/C=C\C/C=C\C/C=C\C/C=C\CCCCCCCCCCCCCCCC(=O)OCC(COC(=O)CCCCCCC/C=C\CCC)OC(=O)CCCCCCCCCCCCCCCCCCCCCCCCCCCC. The van der Waals surface area contributed by atoms with Crippen LogP contribution in [-0.4, -0.2) is 37.2 Å². The van der Waals surface area contributed by atoms with Crippen molar-refractivity contribution in [3.05, 3.63) is 72.9 Å². The van der Waals surface area contributed by atoms with Crippen LogP contribution in [0.15, 0.2) is 72.9 Å². The zero-order chi connectivity index (χ0) is 59.9. The maximum Gasteiger partial charge on any atom is 0.306 e. The predicted octanol–water partition coefficient (Wildman–Crippen LogP) is 25.2. The van der Waals surface area contributed by atoms with Crippen molar-refractivity contribution in [3.8, 4) is 0 Å². The number of carbonyl (C=O) groups excluding carboxylic acids is 3. The lowest BCUT2D eigenvalue weighted by Gasteiger charge is -2.18. The van der Waals surface area contributed by atoms with Crippen LogP contribution < -0.4 is 0 Å². The molecule has 0 aromatic rings. The van der Waals surface area contributed by atoms with Gasteiger partial charge in [-0.3, -0.25) is 14.4 Å². The molecule has 0 aliphatic carbocycles. The van der Waals surface area contributed by atoms with E-state index >= 15 is 0 Å². The molecule has 0 bridgehead atoms. The summed E-state index contributed by atoms with van der Waals surface area (Å²) >= 11 is 0. The first-order valence-electron chi connectivity index (χ1n) is 36.4. The van der Waals surface area contributed by atoms with Crippen molar-refractivity contribution in [2.24, 2.45) is 0 Å². The summed E-state index contributed by atoms with van der Waals surface area (Å²) in [5.41, 5.74) is 0. The monoisotopic (exact) mass is 1160 g/mol. The Morgan fingerprint density at radius 1 is 0.253 bits per heavy atom. The summed E-state index contributed by atoms with van der Waals surface area (Å²) in [6.07, 6.45) is 93.9. The van der Waals surface area contributed by atoms with E-state index in [-0.39, 0.29) is 31.1 Å². The number of ether oxygens (including phenoxy) is 3. The van der Waals surface area contributed by atoms with Crippen molar-refractivity contribution in [2.75, 3.05) is 13.2 Å². The van der Waals surface area contributed by atoms with Crippen LogP contribution in [0.1, 0.15) is 380 Å². The van der Waals surface area contributed by atoms with Crippen LogP contribution >= 0.6 is 0 Å². The van der Waals surface area contributed by atoms with E-state index in [1.54, 1.807) is 0 Å². The maximum atomic E-state index is 12.9. The van der Waals surface area contributed by atoms with Crippen LogP contribution in [-0.2, 0) is 28.6 Å². The Morgan fingerprint density at radius 3 is 0.795 bits per heavy atom. The van der Waals surface area contributed by atoms with E-state index in [1.807, 2.05) is 0 Å². The molecule has 1 atom stereocenters. The second-order valence-electron chi connectivity index (χ2n) is 24.5. The lowest BCUT2D eigenvalue weighted by Crippen LogP contribution is -2.30. The highest BCUT2D eigenvalue weighted by atomic mass is 16.6. The number of rotatable bonds is 67. The molecule has 83 heavy (non-hydrogen) atoms. The molecule has 0 spiro atoms. The van der Waals surface area contributed by atoms with Crippen molar-refractivity contribution >= 4 is 17.9 Å². The highest BCUT2D eigenvalue weighted by Gasteiger charge is 2.19. The molecular formula is C77H138O6. The predicted molar refractivity (Wildman–Crippen MR) is 362 cm³/mol. The molecule has 1 unspecified atom stereocenters. The molecular weight excluding hydrogens is 1020 g/mol. The Balaban J connectivity index is 4.14. The van der Waals surface area contributed by atoms with Gasteiger partial charge in [-0.15, -0.1) is 0 Å². The minimum atomic E-state index is -0.777. The number of hydrogen-bond donors (Lipinski definition) is 0. The Labute approximate surface area is 516 Å². The smallest absolute Gasteiger partial charge is 0.306 e. The average Bonchev–Trinajstić information content (AvgIpc) is 3.49. The van der Waals surface area contributed by atoms with Gasteiger partial charge in [0, 0.05) is 19.3 Å². The minimum Gasteiger partial charge on any atom is -0.462 e. The summed E-state index contributed by atoms with van der Waals surface area (Å²) in [6, 6.07) is 0. The van der Waals surface area contributed by atoms with E-state index in [0.29, 0.717) is 19.3 Å². The molecule has 6 heteroatoms. The summed E-state index contributed by atoms with van der Waals surface area (Å²) in [7, 11) is 0. The van der Waals surface area contributed by atoms with Crippen molar-refractivity contribution in [2.45, 2.75) is 386 Å². The first kappa shape index (κ1) is 79.8. The number of carbonyl (C=O) groups is 3. The van der Waals surface area contributed by atoms with Gasteiger partial charge >= 0.3 is 17.9 Å². The largest absolute Gasteiger partial charge is 0.462 e. The van der Waals surface area contributed by atoms with Crippen LogP contribution in [0.3, 0.4) is 0 Å². The van der Waals surface area contributed by atoms with Gasteiger partial charge in [-0.2, -0.15) is 0 Å². The second-order valence-corrected chi connectivity index (χ2v) is 24.5. The van der Waals surface area contributed by atoms with Crippen molar-refractivity contribution in [1.29, 1.82) is 0 Å². The molecule has 0 aromatic carbocycles. The molecule has 0 heterocycles. The van der Waals surface area contributed by atoms with E-state index in [4.69, 9.17) is 14.2 Å². The molecule has 0 aromatic heterocycles. The van der Waals surface area contributed by atoms with Crippen molar-refractivity contribution in [1.82, 2.24) is 0 Å². The van der Waals surface area contributed by atoms with Gasteiger partial charge in [-0.25, -0.2) is 0 Å². The Kier molecular flexibility index (Phi) is 68.6. The molecule has 0 N–H and O–H groups in total. The highest BCUT2D eigenvalue weighted by Crippen LogP contribution is 2.19. The summed E-state index contributed by atoms with van der Waals surface area (Å²) in [4.78, 5) is 38.4. The molecule has 482 valence electrons. The lowest BCUT2D eigenvalue weighted by molar-refractivity contribution is -0.167. The van der Waals surface area contributed by atoms with Gasteiger partial charge in [0.05, 0.1) is 0 Å². The van der Waals surface area contributed by atoms with Gasteiger partial charge in [0.25, 0.3) is 0 Å². The molecule has 0 aliphatic rings. The quantitative estimate of drug-likeness (QED) is 0.0261. The third kappa shape index (κ3) is 69.5. The van der Waals surface area contributed by atoms with Crippen LogP contribution in [0.25, 0.3) is 0 Å². The summed E-state index contributed by atoms with van der Waals surface area (Å²) in [5, 5.41) is 0. The first-order chi connectivity index (χ1) is 41.0. The zero-order valence-electron chi connectivity index (χ0n) is 55.5. The Bertz CT molecular complexity index is 1520. The van der Waals surface area contributed by atoms with E-state index in [2.05, 4.69) is 93.7 Å². The van der Waals surface area contributed by atoms with E-state index < -0.39 is 6.10 Å². The van der Waals surface area contributed by atoms with E-state index in [9.17, 15) is 14.4 Å². The third-order valence-corrected chi connectivity index (χ3v) is 16.2. The summed E-state index contributed by atoms with van der Waals surface area (Å²) in [6.45, 7) is 6.52. The minimum absolute atomic E-state index is 0.0742. The first-order valence-corrected chi connectivity index (χ1v) is 36.4. The fourth-order valence-corrected chi connectivity index (χ4v) is 10.8. The molecule has 0 amide bonds. The fraction of sp³-hybridized carbons (Fsp3) is 0.805. The van der Waals surface area contributed by atoms with E-state index in [0.717, 1.165) is 103 Å². The summed E-state index contributed by atoms with van der Waals surface area (Å²) < 4.78 is 17.0. The lowest BCUT2D eigenvalue weighted by atomic mass is 10.0. The normalized spacial score (nSPS) is 12.5. The number of allylic oxidation sites excluding steroid dienone is 12. The molecule has 0 aliphatic heterocycles. The maximum absolute atomic E-state index is 12.9. The second kappa shape index (κ2) is 71.3. The highest BCUT2D eigenvalue weighted by molar-refractivity contribution is 5.71. The molecule has 0 saturated heterocycles. The molecule has 0 saturated carbocycles. The number of hydrogen-bond acceptors (Lipinski definition) is 6. The standard InChI is InChI=1S/C77H138O6/c1-4-7-10-13-16-19-22-24-26-28-30-32-34-36-38-39-40-42-43-45-47-49-51-53-55-58-61-64-67-70-76(79)82-73-74(72-81-75(78)69-66-63-60-57-21-18-15-12-9-6-3)83-77(80)71-68-65-62-59-56-54-52-50-48-46-44-41-37-35-33-31-29-27-25-23-20-17-14-11-8-5-2/h7,10,12,15-16,19,24,26,30,32,36,38,74H,4-6,8-9,11,13-14,17-18,20-23,25,27-29,31,33-35,37,39-73H2,1-3H3/b10-7-,15-12-,19-16-,26-24-,32-30-,38-36-. The van der Waals surface area contributed by atoms with Gasteiger partial charge < -0.3 is 14.2 Å².